The van der Waals surface area contributed by atoms with E-state index in [1.54, 1.807) is 23.5 Å². The van der Waals surface area contributed by atoms with E-state index in [4.69, 9.17) is 0 Å². The maximum absolute atomic E-state index is 12.8. The highest BCUT2D eigenvalue weighted by Gasteiger charge is 2.22. The molecule has 1 N–H and O–H groups in total. The van der Waals surface area contributed by atoms with Gasteiger partial charge in [-0.25, -0.2) is 9.37 Å². The second kappa shape index (κ2) is 4.78. The molecule has 1 unspecified atom stereocenters. The average molecular weight is 263 g/mol. The van der Waals surface area contributed by atoms with E-state index in [9.17, 15) is 9.50 Å². The predicted octanol–water partition coefficient (Wildman–Crippen LogP) is 3.24. The molecule has 2 nitrogen and oxygen atoms in total. The van der Waals surface area contributed by atoms with Gasteiger partial charge in [0, 0.05) is 11.3 Å². The fourth-order valence-corrected chi connectivity index (χ4v) is 3.50. The molecular weight excluding hydrogens is 249 g/mol. The van der Waals surface area contributed by atoms with Crippen molar-refractivity contribution in [3.63, 3.8) is 0 Å². The van der Waals surface area contributed by atoms with Gasteiger partial charge < -0.3 is 5.11 Å². The molecule has 1 heterocycles. The van der Waals surface area contributed by atoms with Crippen LogP contribution in [0.1, 0.15) is 40.1 Å². The van der Waals surface area contributed by atoms with Crippen molar-refractivity contribution in [1.82, 2.24) is 4.98 Å². The predicted molar refractivity (Wildman–Crippen MR) is 69.2 cm³/mol. The molecule has 1 aromatic heterocycles. The maximum Gasteiger partial charge on any atom is 0.123 e. The minimum atomic E-state index is -0.396. The van der Waals surface area contributed by atoms with Gasteiger partial charge in [-0.05, 0) is 37.0 Å². The number of aliphatic hydroxyl groups excluding tert-OH is 1. The molecule has 0 aliphatic heterocycles. The highest BCUT2D eigenvalue weighted by atomic mass is 32.1. The molecule has 1 aliphatic rings. The molecule has 0 fully saturated rings. The van der Waals surface area contributed by atoms with Crippen molar-refractivity contribution in [1.29, 1.82) is 0 Å². The van der Waals surface area contributed by atoms with E-state index in [1.165, 1.54) is 17.0 Å². The van der Waals surface area contributed by atoms with Crippen LogP contribution in [0.25, 0.3) is 0 Å². The second-order valence-electron chi connectivity index (χ2n) is 4.63. The van der Waals surface area contributed by atoms with Crippen LogP contribution in [0.3, 0.4) is 0 Å². The van der Waals surface area contributed by atoms with E-state index in [2.05, 4.69) is 4.98 Å². The van der Waals surface area contributed by atoms with E-state index >= 15 is 0 Å². The zero-order valence-electron chi connectivity index (χ0n) is 9.90. The Balaban J connectivity index is 1.83. The molecule has 0 radical (unpaired) electrons. The molecule has 18 heavy (non-hydrogen) atoms. The molecule has 1 aromatic carbocycles. The lowest BCUT2D eigenvalue weighted by atomic mass is 10.0. The van der Waals surface area contributed by atoms with E-state index in [0.717, 1.165) is 35.5 Å². The number of fused-ring (bicyclic) bond motifs is 1. The van der Waals surface area contributed by atoms with Crippen LogP contribution in [0.15, 0.2) is 24.3 Å². The van der Waals surface area contributed by atoms with Gasteiger partial charge in [0.1, 0.15) is 5.82 Å². The molecule has 1 atom stereocenters. The number of aryl methyl sites for hydroxylation is 1. The highest BCUT2D eigenvalue weighted by Crippen LogP contribution is 2.33. The van der Waals surface area contributed by atoms with Crippen molar-refractivity contribution < 1.29 is 9.50 Å². The Hall–Kier alpha value is -1.26. The van der Waals surface area contributed by atoms with E-state index in [0.29, 0.717) is 6.42 Å². The normalized spacial score (nSPS) is 18.7. The number of benzene rings is 1. The van der Waals surface area contributed by atoms with E-state index in [-0.39, 0.29) is 5.82 Å². The lowest BCUT2D eigenvalue weighted by molar-refractivity contribution is 0.153. The number of nitrogens with zero attached hydrogens (tertiary/aromatic N) is 1. The summed E-state index contributed by atoms with van der Waals surface area (Å²) in [7, 11) is 0. The molecule has 0 bridgehead atoms. The third-order valence-electron chi connectivity index (χ3n) is 3.24. The molecule has 0 amide bonds. The summed E-state index contributed by atoms with van der Waals surface area (Å²) >= 11 is 1.67. The fraction of sp³-hybridized carbons (Fsp3) is 0.357. The monoisotopic (exact) mass is 263 g/mol. The van der Waals surface area contributed by atoms with E-state index in [1.807, 2.05) is 0 Å². The van der Waals surface area contributed by atoms with Gasteiger partial charge in [-0.1, -0.05) is 12.1 Å². The van der Waals surface area contributed by atoms with Gasteiger partial charge in [0.15, 0.2) is 0 Å². The second-order valence-corrected chi connectivity index (χ2v) is 5.80. The number of hydrogen-bond donors (Lipinski definition) is 1. The van der Waals surface area contributed by atoms with Crippen molar-refractivity contribution in [2.45, 2.75) is 31.8 Å². The van der Waals surface area contributed by atoms with Gasteiger partial charge in [-0.15, -0.1) is 11.3 Å². The fourth-order valence-electron chi connectivity index (χ4n) is 2.30. The standard InChI is InChI=1S/C14H14FNOS/c15-10-6-4-9(5-7-10)8-13-16-14-11(17)2-1-3-12(14)18-13/h4-7,11,17H,1-3,8H2. The van der Waals surface area contributed by atoms with Gasteiger partial charge in [0.2, 0.25) is 0 Å². The summed E-state index contributed by atoms with van der Waals surface area (Å²) in [4.78, 5) is 5.74. The van der Waals surface area contributed by atoms with Crippen molar-refractivity contribution in [3.05, 3.63) is 51.2 Å². The molecule has 0 saturated heterocycles. The van der Waals surface area contributed by atoms with Crippen molar-refractivity contribution in [3.8, 4) is 0 Å². The Kier molecular flexibility index (Phi) is 3.14. The minimum Gasteiger partial charge on any atom is -0.387 e. The van der Waals surface area contributed by atoms with Gasteiger partial charge in [0.25, 0.3) is 0 Å². The number of halogens is 1. The first kappa shape index (κ1) is 11.8. The third-order valence-corrected chi connectivity index (χ3v) is 4.37. The third kappa shape index (κ3) is 2.31. The first-order valence-electron chi connectivity index (χ1n) is 6.13. The van der Waals surface area contributed by atoms with Crippen LogP contribution in [0.4, 0.5) is 4.39 Å². The number of aliphatic hydroxyl groups is 1. The number of thiazole rings is 1. The summed E-state index contributed by atoms with van der Waals surface area (Å²) in [5, 5.41) is 10.9. The van der Waals surface area contributed by atoms with Crippen LogP contribution in [-0.2, 0) is 12.8 Å². The summed E-state index contributed by atoms with van der Waals surface area (Å²) in [5.41, 5.74) is 1.92. The quantitative estimate of drug-likeness (QED) is 0.902. The summed E-state index contributed by atoms with van der Waals surface area (Å²) in [6.45, 7) is 0. The SMILES string of the molecule is OC1CCCc2sc(Cc3ccc(F)cc3)nc21. The zero-order chi connectivity index (χ0) is 12.5. The summed E-state index contributed by atoms with van der Waals surface area (Å²) < 4.78 is 12.8. The number of hydrogen-bond acceptors (Lipinski definition) is 3. The van der Waals surface area contributed by atoms with Crippen LogP contribution in [-0.4, -0.2) is 10.1 Å². The molecule has 0 spiro atoms. The first-order valence-corrected chi connectivity index (χ1v) is 6.95. The van der Waals surface area contributed by atoms with Gasteiger partial charge in [-0.2, -0.15) is 0 Å². The molecule has 3 rings (SSSR count). The Morgan fingerprint density at radius 3 is 2.83 bits per heavy atom. The Labute approximate surface area is 109 Å². The topological polar surface area (TPSA) is 33.1 Å². The largest absolute Gasteiger partial charge is 0.387 e. The molecule has 2 aromatic rings. The smallest absolute Gasteiger partial charge is 0.123 e. The average Bonchev–Trinajstić information content (AvgIpc) is 2.76. The summed E-state index contributed by atoms with van der Waals surface area (Å²) in [5.74, 6) is -0.215. The molecule has 1 aliphatic carbocycles. The lowest BCUT2D eigenvalue weighted by Gasteiger charge is -2.14. The van der Waals surface area contributed by atoms with Gasteiger partial charge in [0.05, 0.1) is 16.8 Å². The first-order chi connectivity index (χ1) is 8.72. The Morgan fingerprint density at radius 1 is 1.33 bits per heavy atom. The lowest BCUT2D eigenvalue weighted by Crippen LogP contribution is -2.07. The Bertz CT molecular complexity index is 549. The number of rotatable bonds is 2. The van der Waals surface area contributed by atoms with Gasteiger partial charge in [-0.3, -0.25) is 0 Å². The van der Waals surface area contributed by atoms with Crippen LogP contribution in [0.2, 0.25) is 0 Å². The highest BCUT2D eigenvalue weighted by molar-refractivity contribution is 7.11. The molecular formula is C14H14FNOS. The van der Waals surface area contributed by atoms with Gasteiger partial charge >= 0.3 is 0 Å². The molecule has 4 heteroatoms. The molecule has 94 valence electrons. The minimum absolute atomic E-state index is 0.215. The van der Waals surface area contributed by atoms with Crippen LogP contribution >= 0.6 is 11.3 Å². The number of aromatic nitrogens is 1. The van der Waals surface area contributed by atoms with Crippen molar-refractivity contribution >= 4 is 11.3 Å². The molecule has 0 saturated carbocycles. The summed E-state index contributed by atoms with van der Waals surface area (Å²) in [6.07, 6.45) is 3.18. The van der Waals surface area contributed by atoms with Crippen LogP contribution in [0.5, 0.6) is 0 Å². The maximum atomic E-state index is 12.8. The van der Waals surface area contributed by atoms with E-state index < -0.39 is 6.10 Å². The summed E-state index contributed by atoms with van der Waals surface area (Å²) in [6, 6.07) is 6.51. The van der Waals surface area contributed by atoms with Crippen molar-refractivity contribution in [2.75, 3.05) is 0 Å². The van der Waals surface area contributed by atoms with Crippen LogP contribution < -0.4 is 0 Å². The van der Waals surface area contributed by atoms with Crippen LogP contribution in [0, 0.1) is 5.82 Å². The zero-order valence-corrected chi connectivity index (χ0v) is 10.7. The Morgan fingerprint density at radius 2 is 2.11 bits per heavy atom. The van der Waals surface area contributed by atoms with Crippen molar-refractivity contribution in [2.24, 2.45) is 0 Å².